The number of sulfonamides is 1. The summed E-state index contributed by atoms with van der Waals surface area (Å²) in [5.74, 6) is 0.0819. The normalized spacial score (nSPS) is 21.1. The number of hydrogen-bond acceptors (Lipinski definition) is 4. The zero-order valence-corrected chi connectivity index (χ0v) is 14.5. The van der Waals surface area contributed by atoms with Gasteiger partial charge in [0.1, 0.15) is 0 Å². The lowest BCUT2D eigenvalue weighted by molar-refractivity contribution is -0.118. The molecule has 2 aliphatic heterocycles. The van der Waals surface area contributed by atoms with E-state index in [0.29, 0.717) is 24.4 Å². The molecule has 0 unspecified atom stereocenters. The van der Waals surface area contributed by atoms with Gasteiger partial charge in [-0.05, 0) is 43.7 Å². The first-order valence-corrected chi connectivity index (χ1v) is 9.42. The van der Waals surface area contributed by atoms with Crippen LogP contribution in [0.3, 0.4) is 0 Å². The molecule has 0 N–H and O–H groups in total. The van der Waals surface area contributed by atoms with Gasteiger partial charge in [0.15, 0.2) is 0 Å². The Morgan fingerprint density at radius 3 is 2.39 bits per heavy atom. The minimum atomic E-state index is -3.46. The molecule has 6 nitrogen and oxygen atoms in total. The van der Waals surface area contributed by atoms with Crippen molar-refractivity contribution in [3.63, 3.8) is 0 Å². The number of carbonyl (C=O) groups excluding carboxylic acids is 1. The van der Waals surface area contributed by atoms with Gasteiger partial charge in [-0.25, -0.2) is 8.42 Å². The van der Waals surface area contributed by atoms with Crippen LogP contribution in [0, 0.1) is 0 Å². The lowest BCUT2D eigenvalue weighted by Gasteiger charge is -2.31. The first-order valence-electron chi connectivity index (χ1n) is 7.98. The Kier molecular flexibility index (Phi) is 4.44. The number of fused-ring (bicyclic) bond motifs is 1. The Balaban J connectivity index is 1.92. The molecule has 1 amide bonds. The second-order valence-corrected chi connectivity index (χ2v) is 8.24. The Morgan fingerprint density at radius 1 is 1.00 bits per heavy atom. The quantitative estimate of drug-likeness (QED) is 0.805. The highest BCUT2D eigenvalue weighted by Gasteiger charge is 2.29. The fourth-order valence-electron chi connectivity index (χ4n) is 3.16. The van der Waals surface area contributed by atoms with Crippen LogP contribution >= 0.6 is 0 Å². The molecule has 0 radical (unpaired) electrons. The highest BCUT2D eigenvalue weighted by Crippen LogP contribution is 2.29. The predicted molar refractivity (Wildman–Crippen MR) is 89.0 cm³/mol. The summed E-state index contributed by atoms with van der Waals surface area (Å²) in [4.78, 5) is 16.0. The van der Waals surface area contributed by atoms with E-state index in [0.717, 1.165) is 37.2 Å². The van der Waals surface area contributed by atoms with Gasteiger partial charge in [-0.3, -0.25) is 4.79 Å². The number of anilines is 1. The molecule has 2 aliphatic rings. The molecule has 0 bridgehead atoms. The highest BCUT2D eigenvalue weighted by molar-refractivity contribution is 7.89. The molecule has 3 rings (SSSR count). The summed E-state index contributed by atoms with van der Waals surface area (Å²) >= 11 is 0. The topological polar surface area (TPSA) is 60.9 Å². The smallest absolute Gasteiger partial charge is 0.243 e. The molecule has 1 fully saturated rings. The largest absolute Gasteiger partial charge is 0.315 e. The molecule has 0 saturated carbocycles. The van der Waals surface area contributed by atoms with E-state index in [2.05, 4.69) is 4.90 Å². The predicted octanol–water partition coefficient (Wildman–Crippen LogP) is 0.922. The lowest BCUT2D eigenvalue weighted by atomic mass is 10.1. The standard InChI is InChI=1S/C16H23N3O3S/c1-17-8-10-19(11-9-17)23(21,22)14-6-7-15-13(12-14)4-3-5-16(20)18(15)2/h6-7,12H,3-5,8-11H2,1-2H3. The number of benzene rings is 1. The van der Waals surface area contributed by atoms with Gasteiger partial charge in [-0.1, -0.05) is 0 Å². The maximum Gasteiger partial charge on any atom is 0.243 e. The molecule has 1 saturated heterocycles. The van der Waals surface area contributed by atoms with Crippen LogP contribution in [0.4, 0.5) is 5.69 Å². The summed E-state index contributed by atoms with van der Waals surface area (Å²) in [5, 5.41) is 0. The summed E-state index contributed by atoms with van der Waals surface area (Å²) in [7, 11) is 0.292. The van der Waals surface area contributed by atoms with Crippen molar-refractivity contribution < 1.29 is 13.2 Å². The van der Waals surface area contributed by atoms with Crippen molar-refractivity contribution in [1.82, 2.24) is 9.21 Å². The average Bonchev–Trinajstić information content (AvgIpc) is 2.67. The third kappa shape index (κ3) is 3.13. The molecular formula is C16H23N3O3S. The molecule has 0 aliphatic carbocycles. The van der Waals surface area contributed by atoms with E-state index in [1.54, 1.807) is 34.5 Å². The number of hydrogen-bond donors (Lipinski definition) is 0. The van der Waals surface area contributed by atoms with Crippen molar-refractivity contribution in [3.8, 4) is 0 Å². The molecule has 0 spiro atoms. The minimum absolute atomic E-state index is 0.0819. The van der Waals surface area contributed by atoms with Crippen molar-refractivity contribution in [3.05, 3.63) is 23.8 Å². The van der Waals surface area contributed by atoms with Crippen molar-refractivity contribution in [2.45, 2.75) is 24.2 Å². The number of likely N-dealkylation sites (N-methyl/N-ethyl adjacent to an activating group) is 1. The number of nitrogens with zero attached hydrogens (tertiary/aromatic N) is 3. The lowest BCUT2D eigenvalue weighted by Crippen LogP contribution is -2.47. The van der Waals surface area contributed by atoms with Crippen LogP contribution < -0.4 is 4.90 Å². The maximum atomic E-state index is 12.8. The van der Waals surface area contributed by atoms with E-state index < -0.39 is 10.0 Å². The van der Waals surface area contributed by atoms with Gasteiger partial charge in [-0.15, -0.1) is 0 Å². The summed E-state index contributed by atoms with van der Waals surface area (Å²) in [6, 6.07) is 5.14. The van der Waals surface area contributed by atoms with Crippen LogP contribution in [0.5, 0.6) is 0 Å². The number of piperazine rings is 1. The van der Waals surface area contributed by atoms with Gasteiger partial charge in [0.2, 0.25) is 15.9 Å². The first kappa shape index (κ1) is 16.4. The van der Waals surface area contributed by atoms with Crippen LogP contribution in [-0.2, 0) is 21.2 Å². The Morgan fingerprint density at radius 2 is 1.70 bits per heavy atom. The van der Waals surface area contributed by atoms with Crippen LogP contribution in [0.15, 0.2) is 23.1 Å². The summed E-state index contributed by atoms with van der Waals surface area (Å²) < 4.78 is 27.2. The fraction of sp³-hybridized carbons (Fsp3) is 0.562. The summed E-state index contributed by atoms with van der Waals surface area (Å²) in [6.45, 7) is 2.55. The summed E-state index contributed by atoms with van der Waals surface area (Å²) in [6.07, 6.45) is 2.00. The maximum absolute atomic E-state index is 12.8. The second kappa shape index (κ2) is 6.22. The van der Waals surface area contributed by atoms with Gasteiger partial charge >= 0.3 is 0 Å². The van der Waals surface area contributed by atoms with Crippen molar-refractivity contribution in [2.24, 2.45) is 0 Å². The summed E-state index contributed by atoms with van der Waals surface area (Å²) in [5.41, 5.74) is 1.76. The van der Waals surface area contributed by atoms with E-state index in [9.17, 15) is 13.2 Å². The van der Waals surface area contributed by atoms with Crippen molar-refractivity contribution in [2.75, 3.05) is 45.2 Å². The third-order valence-electron chi connectivity index (χ3n) is 4.72. The molecule has 2 heterocycles. The number of aryl methyl sites for hydroxylation is 1. The van der Waals surface area contributed by atoms with Crippen molar-refractivity contribution >= 4 is 21.6 Å². The van der Waals surface area contributed by atoms with Crippen LogP contribution in [0.2, 0.25) is 0 Å². The third-order valence-corrected chi connectivity index (χ3v) is 6.62. The molecule has 0 aromatic heterocycles. The van der Waals surface area contributed by atoms with Gasteiger partial charge in [0, 0.05) is 45.3 Å². The van der Waals surface area contributed by atoms with Gasteiger partial charge in [0.25, 0.3) is 0 Å². The van der Waals surface area contributed by atoms with E-state index in [1.807, 2.05) is 7.05 Å². The molecule has 0 atom stereocenters. The van der Waals surface area contributed by atoms with Crippen LogP contribution in [0.25, 0.3) is 0 Å². The number of carbonyl (C=O) groups is 1. The highest BCUT2D eigenvalue weighted by atomic mass is 32.2. The first-order chi connectivity index (χ1) is 10.9. The number of amides is 1. The van der Waals surface area contributed by atoms with E-state index in [1.165, 1.54) is 0 Å². The Hall–Kier alpha value is -1.44. The molecular weight excluding hydrogens is 314 g/mol. The molecule has 1 aromatic carbocycles. The Labute approximate surface area is 137 Å². The van der Waals surface area contributed by atoms with Gasteiger partial charge in [0.05, 0.1) is 4.90 Å². The number of rotatable bonds is 2. The average molecular weight is 337 g/mol. The molecule has 23 heavy (non-hydrogen) atoms. The van der Waals surface area contributed by atoms with Gasteiger partial charge < -0.3 is 9.80 Å². The van der Waals surface area contributed by atoms with Crippen molar-refractivity contribution in [1.29, 1.82) is 0 Å². The molecule has 7 heteroatoms. The van der Waals surface area contributed by atoms with E-state index in [-0.39, 0.29) is 5.91 Å². The molecule has 126 valence electrons. The SMILES string of the molecule is CN1CCN(S(=O)(=O)c2ccc3c(c2)CCCC(=O)N3C)CC1. The Bertz CT molecular complexity index is 709. The van der Waals surface area contributed by atoms with Crippen LogP contribution in [-0.4, -0.2) is 63.8 Å². The van der Waals surface area contributed by atoms with Crippen LogP contribution in [0.1, 0.15) is 18.4 Å². The van der Waals surface area contributed by atoms with Gasteiger partial charge in [-0.2, -0.15) is 4.31 Å². The zero-order chi connectivity index (χ0) is 16.6. The zero-order valence-electron chi connectivity index (χ0n) is 13.7. The fourth-order valence-corrected chi connectivity index (χ4v) is 4.63. The van der Waals surface area contributed by atoms with E-state index >= 15 is 0 Å². The van der Waals surface area contributed by atoms with E-state index in [4.69, 9.17) is 0 Å². The monoisotopic (exact) mass is 337 g/mol. The second-order valence-electron chi connectivity index (χ2n) is 6.30. The minimum Gasteiger partial charge on any atom is -0.315 e. The molecule has 1 aromatic rings.